The highest BCUT2D eigenvalue weighted by Gasteiger charge is 2.02. The molecule has 0 saturated heterocycles. The van der Waals surface area contributed by atoms with E-state index in [9.17, 15) is 5.11 Å². The Morgan fingerprint density at radius 3 is 2.35 bits per heavy atom. The molecule has 0 aliphatic rings. The Balaban J connectivity index is 0.000000249. The monoisotopic (exact) mass is 369 g/mol. The molecule has 6 nitrogen and oxygen atoms in total. The van der Waals surface area contributed by atoms with Crippen LogP contribution >= 0.6 is 22.6 Å². The van der Waals surface area contributed by atoms with Gasteiger partial charge in [0.05, 0.1) is 3.57 Å². The summed E-state index contributed by atoms with van der Waals surface area (Å²) >= 11 is 2.08. The maximum atomic E-state index is 9.59. The van der Waals surface area contributed by atoms with Crippen LogP contribution in [0.5, 0.6) is 5.75 Å². The van der Waals surface area contributed by atoms with Crippen LogP contribution in [0, 0.1) is 3.57 Å². The van der Waals surface area contributed by atoms with Crippen molar-refractivity contribution in [2.24, 2.45) is 0 Å². The van der Waals surface area contributed by atoms with E-state index >= 15 is 0 Å². The maximum Gasteiger partial charge on any atom is 0.394 e. The van der Waals surface area contributed by atoms with Gasteiger partial charge in [-0.2, -0.15) is 8.42 Å². The van der Waals surface area contributed by atoms with E-state index in [1.54, 1.807) is 6.20 Å². The van der Waals surface area contributed by atoms with Crippen LogP contribution in [0.1, 0.15) is 0 Å². The van der Waals surface area contributed by atoms with Gasteiger partial charge in [0.2, 0.25) is 0 Å². The SMILES string of the molecule is O=S(=O)(O)O.Oc1c(I)ccc2cccnc12. The van der Waals surface area contributed by atoms with Crippen molar-refractivity contribution in [1.82, 2.24) is 4.98 Å². The first kappa shape index (κ1) is 14.1. The summed E-state index contributed by atoms with van der Waals surface area (Å²) in [5, 5.41) is 10.6. The van der Waals surface area contributed by atoms with Gasteiger partial charge in [0, 0.05) is 11.6 Å². The molecular weight excluding hydrogens is 361 g/mol. The Morgan fingerprint density at radius 1 is 1.18 bits per heavy atom. The quantitative estimate of drug-likeness (QED) is 0.484. The van der Waals surface area contributed by atoms with E-state index in [1.165, 1.54) is 0 Å². The second kappa shape index (κ2) is 5.58. The Bertz CT molecular complexity index is 620. The van der Waals surface area contributed by atoms with Gasteiger partial charge in [0.1, 0.15) is 5.52 Å². The van der Waals surface area contributed by atoms with E-state index in [4.69, 9.17) is 17.5 Å². The standard InChI is InChI=1S/C9H6INO.H2O4S/c10-7-4-3-6-2-1-5-11-8(6)9(7)12;1-5(2,3)4/h1-5,12H;(H2,1,2,3,4). The van der Waals surface area contributed by atoms with Crippen molar-refractivity contribution in [2.45, 2.75) is 0 Å². The van der Waals surface area contributed by atoms with Crippen molar-refractivity contribution in [3.05, 3.63) is 34.0 Å². The fourth-order valence-corrected chi connectivity index (χ4v) is 1.54. The van der Waals surface area contributed by atoms with E-state index in [0.717, 1.165) is 8.96 Å². The molecular formula is C9H8INO5S. The molecule has 1 heterocycles. The minimum absolute atomic E-state index is 0.272. The third-order valence-corrected chi connectivity index (χ3v) is 2.57. The van der Waals surface area contributed by atoms with Gasteiger partial charge in [0.15, 0.2) is 5.75 Å². The minimum atomic E-state index is -4.67. The maximum absolute atomic E-state index is 9.59. The van der Waals surface area contributed by atoms with Gasteiger partial charge in [-0.1, -0.05) is 12.1 Å². The molecule has 0 unspecified atom stereocenters. The van der Waals surface area contributed by atoms with Crippen molar-refractivity contribution >= 4 is 43.9 Å². The molecule has 0 radical (unpaired) electrons. The minimum Gasteiger partial charge on any atom is -0.505 e. The highest BCUT2D eigenvalue weighted by Crippen LogP contribution is 2.27. The van der Waals surface area contributed by atoms with E-state index in [-0.39, 0.29) is 5.75 Å². The number of halogens is 1. The predicted molar refractivity (Wildman–Crippen MR) is 70.3 cm³/mol. The average Bonchev–Trinajstić information content (AvgIpc) is 2.22. The molecule has 17 heavy (non-hydrogen) atoms. The summed E-state index contributed by atoms with van der Waals surface area (Å²) in [6, 6.07) is 7.61. The van der Waals surface area contributed by atoms with Crippen LogP contribution in [0.3, 0.4) is 0 Å². The molecule has 1 aromatic heterocycles. The number of hydrogen-bond acceptors (Lipinski definition) is 4. The first-order valence-electron chi connectivity index (χ1n) is 4.21. The zero-order chi connectivity index (χ0) is 13.1. The molecule has 8 heteroatoms. The highest BCUT2D eigenvalue weighted by atomic mass is 127. The summed E-state index contributed by atoms with van der Waals surface area (Å²) in [7, 11) is -4.67. The molecule has 0 fully saturated rings. The molecule has 0 amide bonds. The third kappa shape index (κ3) is 4.81. The van der Waals surface area contributed by atoms with Gasteiger partial charge in [-0.05, 0) is 34.7 Å². The lowest BCUT2D eigenvalue weighted by molar-refractivity contribution is 0.381. The Morgan fingerprint density at radius 2 is 1.76 bits per heavy atom. The lowest BCUT2D eigenvalue weighted by Crippen LogP contribution is -1.89. The summed E-state index contributed by atoms with van der Waals surface area (Å²) in [5.74, 6) is 0.272. The molecule has 0 aliphatic heterocycles. The fraction of sp³-hybridized carbons (Fsp3) is 0. The van der Waals surface area contributed by atoms with Gasteiger partial charge in [0.25, 0.3) is 0 Å². The zero-order valence-electron chi connectivity index (χ0n) is 8.28. The summed E-state index contributed by atoms with van der Waals surface area (Å²) in [6.45, 7) is 0. The summed E-state index contributed by atoms with van der Waals surface area (Å²) in [6.07, 6.45) is 1.68. The lowest BCUT2D eigenvalue weighted by Gasteiger charge is -2.00. The second-order valence-electron chi connectivity index (χ2n) is 2.92. The molecule has 0 spiro atoms. The summed E-state index contributed by atoms with van der Waals surface area (Å²) < 4.78 is 32.4. The number of aromatic hydroxyl groups is 1. The van der Waals surface area contributed by atoms with Crippen LogP contribution in [-0.4, -0.2) is 27.6 Å². The molecule has 1 aromatic carbocycles. The van der Waals surface area contributed by atoms with Gasteiger partial charge in [-0.25, -0.2) is 0 Å². The Kier molecular flexibility index (Phi) is 4.62. The van der Waals surface area contributed by atoms with E-state index < -0.39 is 10.4 Å². The first-order chi connectivity index (χ1) is 7.79. The van der Waals surface area contributed by atoms with Crippen LogP contribution < -0.4 is 0 Å². The summed E-state index contributed by atoms with van der Waals surface area (Å²) in [4.78, 5) is 4.09. The van der Waals surface area contributed by atoms with Gasteiger partial charge >= 0.3 is 10.4 Å². The van der Waals surface area contributed by atoms with E-state index in [0.29, 0.717) is 5.52 Å². The van der Waals surface area contributed by atoms with Gasteiger partial charge in [-0.3, -0.25) is 14.1 Å². The number of hydrogen-bond donors (Lipinski definition) is 3. The predicted octanol–water partition coefficient (Wildman–Crippen LogP) is 1.89. The number of aromatic nitrogens is 1. The number of benzene rings is 1. The van der Waals surface area contributed by atoms with Crippen molar-refractivity contribution in [3.8, 4) is 5.75 Å². The van der Waals surface area contributed by atoms with E-state index in [2.05, 4.69) is 27.6 Å². The molecule has 0 aliphatic carbocycles. The number of rotatable bonds is 0. The molecule has 92 valence electrons. The molecule has 0 bridgehead atoms. The second-order valence-corrected chi connectivity index (χ2v) is 4.98. The number of phenolic OH excluding ortho intramolecular Hbond substituents is 1. The summed E-state index contributed by atoms with van der Waals surface area (Å²) in [5.41, 5.74) is 0.671. The smallest absolute Gasteiger partial charge is 0.394 e. The van der Waals surface area contributed by atoms with E-state index in [1.807, 2.05) is 24.3 Å². The van der Waals surface area contributed by atoms with Crippen LogP contribution in [0.2, 0.25) is 0 Å². The van der Waals surface area contributed by atoms with Gasteiger partial charge in [-0.15, -0.1) is 0 Å². The molecule has 3 N–H and O–H groups in total. The molecule has 2 aromatic rings. The van der Waals surface area contributed by atoms with Crippen molar-refractivity contribution in [2.75, 3.05) is 0 Å². The zero-order valence-corrected chi connectivity index (χ0v) is 11.3. The van der Waals surface area contributed by atoms with Crippen molar-refractivity contribution < 1.29 is 22.6 Å². The van der Waals surface area contributed by atoms with Gasteiger partial charge < -0.3 is 5.11 Å². The number of pyridine rings is 1. The van der Waals surface area contributed by atoms with Crippen LogP contribution in [0.15, 0.2) is 30.5 Å². The largest absolute Gasteiger partial charge is 0.505 e. The average molecular weight is 369 g/mol. The number of nitrogens with zero attached hydrogens (tertiary/aromatic N) is 1. The topological polar surface area (TPSA) is 108 Å². The molecule has 0 saturated carbocycles. The molecule has 0 atom stereocenters. The normalized spacial score (nSPS) is 10.8. The fourth-order valence-electron chi connectivity index (χ4n) is 1.11. The third-order valence-electron chi connectivity index (χ3n) is 1.70. The number of phenols is 1. The van der Waals surface area contributed by atoms with Crippen LogP contribution in [0.25, 0.3) is 10.9 Å². The van der Waals surface area contributed by atoms with Crippen LogP contribution in [0.4, 0.5) is 0 Å². The Hall–Kier alpha value is -0.970. The first-order valence-corrected chi connectivity index (χ1v) is 6.68. The highest BCUT2D eigenvalue weighted by molar-refractivity contribution is 14.1. The van der Waals surface area contributed by atoms with Crippen LogP contribution in [-0.2, 0) is 10.4 Å². The van der Waals surface area contributed by atoms with Crippen molar-refractivity contribution in [1.29, 1.82) is 0 Å². The van der Waals surface area contributed by atoms with Crippen molar-refractivity contribution in [3.63, 3.8) is 0 Å². The molecule has 2 rings (SSSR count). The number of fused-ring (bicyclic) bond motifs is 1. The lowest BCUT2D eigenvalue weighted by atomic mass is 10.2. The Labute approximate surface area is 111 Å².